The Morgan fingerprint density at radius 3 is 2.38 bits per heavy atom. The lowest BCUT2D eigenvalue weighted by Crippen LogP contribution is -2.30. The molecule has 0 heterocycles. The molecule has 0 aliphatic carbocycles. The number of nitrogens with one attached hydrogen (secondary N) is 1. The van der Waals surface area contributed by atoms with Crippen LogP contribution in [0.4, 0.5) is 5.69 Å². The Morgan fingerprint density at radius 2 is 1.75 bits per heavy atom. The summed E-state index contributed by atoms with van der Waals surface area (Å²) in [7, 11) is -3.58. The molecule has 0 aliphatic heterocycles. The summed E-state index contributed by atoms with van der Waals surface area (Å²) in [4.78, 5) is 12.4. The topological polar surface area (TPSA) is 66.5 Å². The number of amides is 1. The monoisotopic (exact) mass is 366 g/mol. The first-order valence-corrected chi connectivity index (χ1v) is 9.38. The molecule has 128 valence electrons. The molecule has 5 nitrogen and oxygen atoms in total. The molecule has 0 aliphatic rings. The van der Waals surface area contributed by atoms with Crippen LogP contribution in [0.15, 0.2) is 53.4 Å². The van der Waals surface area contributed by atoms with Crippen LogP contribution in [0.5, 0.6) is 0 Å². The minimum Gasteiger partial charge on any atom is -0.322 e. The number of halogens is 1. The van der Waals surface area contributed by atoms with Crippen LogP contribution >= 0.6 is 11.6 Å². The summed E-state index contributed by atoms with van der Waals surface area (Å²) in [6, 6.07) is 12.9. The van der Waals surface area contributed by atoms with E-state index in [-0.39, 0.29) is 4.90 Å². The molecule has 1 amide bonds. The fraction of sp³-hybridized carbons (Fsp3) is 0.235. The normalized spacial score (nSPS) is 11.5. The van der Waals surface area contributed by atoms with Crippen molar-refractivity contribution in [3.63, 3.8) is 0 Å². The Balaban J connectivity index is 2.28. The fourth-order valence-electron chi connectivity index (χ4n) is 2.29. The van der Waals surface area contributed by atoms with Gasteiger partial charge in [-0.2, -0.15) is 4.31 Å². The minimum absolute atomic E-state index is 0.142. The number of rotatable bonds is 6. The Hall–Kier alpha value is -1.89. The molecule has 0 unspecified atom stereocenters. The van der Waals surface area contributed by atoms with E-state index in [9.17, 15) is 13.2 Å². The van der Waals surface area contributed by atoms with Gasteiger partial charge in [0.05, 0.1) is 15.5 Å². The molecule has 0 saturated heterocycles. The van der Waals surface area contributed by atoms with E-state index in [1.807, 2.05) is 0 Å². The summed E-state index contributed by atoms with van der Waals surface area (Å²) in [5.74, 6) is -0.391. The molecule has 0 bridgehead atoms. The second-order valence-corrected chi connectivity index (χ2v) is 7.40. The van der Waals surface area contributed by atoms with Gasteiger partial charge in [-0.15, -0.1) is 0 Å². The third-order valence-corrected chi connectivity index (χ3v) is 5.93. The lowest BCUT2D eigenvalue weighted by atomic mass is 10.2. The third kappa shape index (κ3) is 3.95. The number of hydrogen-bond donors (Lipinski definition) is 1. The molecule has 0 spiro atoms. The van der Waals surface area contributed by atoms with Crippen molar-refractivity contribution in [1.82, 2.24) is 4.31 Å². The number of carbonyl (C=O) groups is 1. The average molecular weight is 367 g/mol. The molecule has 0 fully saturated rings. The first-order valence-electron chi connectivity index (χ1n) is 7.56. The van der Waals surface area contributed by atoms with Crippen LogP contribution in [0.1, 0.15) is 24.2 Å². The second-order valence-electron chi connectivity index (χ2n) is 5.05. The number of hydrogen-bond acceptors (Lipinski definition) is 3. The van der Waals surface area contributed by atoms with Gasteiger partial charge in [0.25, 0.3) is 5.91 Å². The molecule has 24 heavy (non-hydrogen) atoms. The summed E-state index contributed by atoms with van der Waals surface area (Å²) in [5, 5.41) is 3.02. The Labute approximate surface area is 147 Å². The van der Waals surface area contributed by atoms with Crippen molar-refractivity contribution in [3.05, 3.63) is 59.1 Å². The van der Waals surface area contributed by atoms with Crippen molar-refractivity contribution >= 4 is 33.2 Å². The van der Waals surface area contributed by atoms with Gasteiger partial charge in [-0.05, 0) is 30.3 Å². The van der Waals surface area contributed by atoms with Gasteiger partial charge < -0.3 is 5.32 Å². The van der Waals surface area contributed by atoms with Crippen molar-refractivity contribution < 1.29 is 13.2 Å². The van der Waals surface area contributed by atoms with Crippen LogP contribution in [0, 0.1) is 0 Å². The highest BCUT2D eigenvalue weighted by Crippen LogP contribution is 2.21. The van der Waals surface area contributed by atoms with Gasteiger partial charge in [0.1, 0.15) is 0 Å². The van der Waals surface area contributed by atoms with E-state index in [0.717, 1.165) is 0 Å². The Morgan fingerprint density at radius 1 is 1.08 bits per heavy atom. The maximum atomic E-state index is 12.5. The number of sulfonamides is 1. The quantitative estimate of drug-likeness (QED) is 0.849. The Bertz CT molecular complexity index is 833. The molecule has 0 atom stereocenters. The largest absolute Gasteiger partial charge is 0.322 e. The van der Waals surface area contributed by atoms with Crippen LogP contribution < -0.4 is 5.32 Å². The zero-order valence-electron chi connectivity index (χ0n) is 13.5. The predicted molar refractivity (Wildman–Crippen MR) is 96.0 cm³/mol. The molecule has 7 heteroatoms. The lowest BCUT2D eigenvalue weighted by Gasteiger charge is -2.18. The maximum Gasteiger partial charge on any atom is 0.257 e. The minimum atomic E-state index is -3.58. The van der Waals surface area contributed by atoms with Crippen molar-refractivity contribution in [3.8, 4) is 0 Å². The summed E-state index contributed by atoms with van der Waals surface area (Å²) in [5.41, 5.74) is 0.726. The zero-order valence-corrected chi connectivity index (χ0v) is 15.1. The van der Waals surface area contributed by atoms with E-state index in [2.05, 4.69) is 5.32 Å². The molecule has 1 N–H and O–H groups in total. The highest BCUT2D eigenvalue weighted by atomic mass is 35.5. The summed E-state index contributed by atoms with van der Waals surface area (Å²) in [6.07, 6.45) is 0. The molecule has 0 aromatic heterocycles. The van der Waals surface area contributed by atoms with Crippen LogP contribution in [-0.4, -0.2) is 31.7 Å². The van der Waals surface area contributed by atoms with E-state index in [4.69, 9.17) is 11.6 Å². The molecule has 0 saturated carbocycles. The van der Waals surface area contributed by atoms with Gasteiger partial charge in [0.2, 0.25) is 10.0 Å². The highest BCUT2D eigenvalue weighted by Gasteiger charge is 2.22. The number of nitrogens with zero attached hydrogens (tertiary/aromatic N) is 1. The summed E-state index contributed by atoms with van der Waals surface area (Å²) < 4.78 is 26.5. The van der Waals surface area contributed by atoms with Crippen LogP contribution in [0.3, 0.4) is 0 Å². The van der Waals surface area contributed by atoms with E-state index >= 15 is 0 Å². The first-order chi connectivity index (χ1) is 11.4. The first kappa shape index (κ1) is 18.4. The van der Waals surface area contributed by atoms with E-state index in [0.29, 0.717) is 29.4 Å². The summed E-state index contributed by atoms with van der Waals surface area (Å²) in [6.45, 7) is 4.33. The highest BCUT2D eigenvalue weighted by molar-refractivity contribution is 7.89. The molecular weight excluding hydrogens is 348 g/mol. The smallest absolute Gasteiger partial charge is 0.257 e. The Kier molecular flexibility index (Phi) is 5.99. The van der Waals surface area contributed by atoms with Gasteiger partial charge in [0, 0.05) is 18.8 Å². The fourth-order valence-corrected chi connectivity index (χ4v) is 4.02. The van der Waals surface area contributed by atoms with Gasteiger partial charge in [-0.25, -0.2) is 8.42 Å². The molecule has 2 rings (SSSR count). The van der Waals surface area contributed by atoms with Crippen LogP contribution in [0.25, 0.3) is 0 Å². The maximum absolute atomic E-state index is 12.5. The van der Waals surface area contributed by atoms with E-state index in [1.54, 1.807) is 50.2 Å². The van der Waals surface area contributed by atoms with Crippen LogP contribution in [-0.2, 0) is 10.0 Å². The average Bonchev–Trinajstić information content (AvgIpc) is 2.56. The van der Waals surface area contributed by atoms with Crippen LogP contribution in [0.2, 0.25) is 5.02 Å². The van der Waals surface area contributed by atoms with Gasteiger partial charge >= 0.3 is 0 Å². The van der Waals surface area contributed by atoms with Gasteiger partial charge in [0.15, 0.2) is 0 Å². The van der Waals surface area contributed by atoms with Crippen molar-refractivity contribution in [2.75, 3.05) is 18.4 Å². The second kappa shape index (κ2) is 7.79. The number of carbonyl (C=O) groups excluding carboxylic acids is 1. The van der Waals surface area contributed by atoms with Crippen molar-refractivity contribution in [2.24, 2.45) is 0 Å². The number of benzene rings is 2. The summed E-state index contributed by atoms with van der Waals surface area (Å²) >= 11 is 6.00. The van der Waals surface area contributed by atoms with Crippen molar-refractivity contribution in [1.29, 1.82) is 0 Å². The van der Waals surface area contributed by atoms with Gasteiger partial charge in [-0.3, -0.25) is 4.79 Å². The van der Waals surface area contributed by atoms with E-state index in [1.165, 1.54) is 16.4 Å². The number of anilines is 1. The standard InChI is InChI=1S/C17H19ClN2O3S/c1-3-20(4-2)24(22,23)14-9-7-8-13(12-14)19-17(21)15-10-5-6-11-16(15)18/h5-12H,3-4H2,1-2H3,(H,19,21). The molecule has 0 radical (unpaired) electrons. The molecule has 2 aromatic rings. The third-order valence-electron chi connectivity index (χ3n) is 3.55. The predicted octanol–water partition coefficient (Wildman–Crippen LogP) is 3.62. The molecule has 2 aromatic carbocycles. The van der Waals surface area contributed by atoms with Gasteiger partial charge in [-0.1, -0.05) is 43.6 Å². The van der Waals surface area contributed by atoms with E-state index < -0.39 is 15.9 Å². The van der Waals surface area contributed by atoms with Crippen molar-refractivity contribution in [2.45, 2.75) is 18.7 Å². The zero-order chi connectivity index (χ0) is 17.7. The lowest BCUT2D eigenvalue weighted by molar-refractivity contribution is 0.102. The molecular formula is C17H19ClN2O3S. The SMILES string of the molecule is CCN(CC)S(=O)(=O)c1cccc(NC(=O)c2ccccc2Cl)c1.